The number of rotatable bonds is 5. The SMILES string of the molecule is CCc1c(-c2cncc(C(=O)NCC(C)(C)N)n2)[nH]c2ccccc12. The van der Waals surface area contributed by atoms with E-state index in [4.69, 9.17) is 5.73 Å². The molecule has 0 saturated carbocycles. The molecule has 1 amide bonds. The first-order chi connectivity index (χ1) is 11.9. The minimum atomic E-state index is -0.479. The van der Waals surface area contributed by atoms with Crippen LogP contribution < -0.4 is 11.1 Å². The smallest absolute Gasteiger partial charge is 0.271 e. The van der Waals surface area contributed by atoms with E-state index in [9.17, 15) is 4.79 Å². The fraction of sp³-hybridized carbons (Fsp3) is 0.316. The fourth-order valence-corrected chi connectivity index (χ4v) is 2.78. The second kappa shape index (κ2) is 6.64. The summed E-state index contributed by atoms with van der Waals surface area (Å²) in [4.78, 5) is 24.4. The quantitative estimate of drug-likeness (QED) is 0.667. The molecule has 6 heteroatoms. The van der Waals surface area contributed by atoms with Gasteiger partial charge in [0.2, 0.25) is 0 Å². The molecule has 25 heavy (non-hydrogen) atoms. The number of para-hydroxylation sites is 1. The summed E-state index contributed by atoms with van der Waals surface area (Å²) in [5.74, 6) is -0.276. The maximum absolute atomic E-state index is 12.3. The Kier molecular flexibility index (Phi) is 4.55. The van der Waals surface area contributed by atoms with Crippen LogP contribution in [0.1, 0.15) is 36.8 Å². The summed E-state index contributed by atoms with van der Waals surface area (Å²) in [7, 11) is 0. The number of benzene rings is 1. The number of amides is 1. The molecular weight excluding hydrogens is 314 g/mol. The molecule has 0 fully saturated rings. The van der Waals surface area contributed by atoms with E-state index in [0.29, 0.717) is 12.2 Å². The molecule has 0 unspecified atom stereocenters. The Morgan fingerprint density at radius 1 is 1.28 bits per heavy atom. The third-order valence-corrected chi connectivity index (χ3v) is 4.00. The second-order valence-corrected chi connectivity index (χ2v) is 6.84. The molecular formula is C19H23N5O. The summed E-state index contributed by atoms with van der Waals surface area (Å²) in [5.41, 5.74) is 9.50. The number of carbonyl (C=O) groups is 1. The lowest BCUT2D eigenvalue weighted by atomic mass is 10.1. The Balaban J connectivity index is 1.96. The first-order valence-corrected chi connectivity index (χ1v) is 8.38. The number of hydrogen-bond acceptors (Lipinski definition) is 4. The molecule has 6 nitrogen and oxygen atoms in total. The molecule has 0 bridgehead atoms. The standard InChI is InChI=1S/C19H23N5O/c1-4-12-13-7-5-6-8-14(13)24-17(12)15-9-21-10-16(23-15)18(25)22-11-19(2,3)20/h5-10,24H,4,11,20H2,1-3H3,(H,22,25). The van der Waals surface area contributed by atoms with Crippen molar-refractivity contribution in [3.05, 3.63) is 47.9 Å². The highest BCUT2D eigenvalue weighted by Gasteiger charge is 2.17. The van der Waals surface area contributed by atoms with Gasteiger partial charge in [-0.05, 0) is 31.9 Å². The van der Waals surface area contributed by atoms with Crippen LogP contribution >= 0.6 is 0 Å². The van der Waals surface area contributed by atoms with E-state index in [1.807, 2.05) is 32.0 Å². The molecule has 0 spiro atoms. The maximum atomic E-state index is 12.3. The lowest BCUT2D eigenvalue weighted by molar-refractivity contribution is 0.0940. The Labute approximate surface area is 146 Å². The van der Waals surface area contributed by atoms with Crippen molar-refractivity contribution in [1.82, 2.24) is 20.3 Å². The van der Waals surface area contributed by atoms with Gasteiger partial charge in [-0.2, -0.15) is 0 Å². The van der Waals surface area contributed by atoms with E-state index in [0.717, 1.165) is 17.6 Å². The van der Waals surface area contributed by atoms with Gasteiger partial charge >= 0.3 is 0 Å². The molecule has 2 heterocycles. The van der Waals surface area contributed by atoms with Gasteiger partial charge in [0.25, 0.3) is 5.91 Å². The number of nitrogens with two attached hydrogens (primary N) is 1. The third kappa shape index (κ3) is 3.69. The number of aromatic amines is 1. The lowest BCUT2D eigenvalue weighted by Gasteiger charge is -2.18. The topological polar surface area (TPSA) is 96.7 Å². The van der Waals surface area contributed by atoms with Gasteiger partial charge < -0.3 is 16.0 Å². The van der Waals surface area contributed by atoms with Crippen molar-refractivity contribution in [1.29, 1.82) is 0 Å². The third-order valence-electron chi connectivity index (χ3n) is 4.00. The summed E-state index contributed by atoms with van der Waals surface area (Å²) in [6, 6.07) is 8.13. The molecule has 3 aromatic rings. The van der Waals surface area contributed by atoms with Crippen LogP contribution in [-0.2, 0) is 6.42 Å². The predicted octanol–water partition coefficient (Wildman–Crippen LogP) is 2.65. The number of aryl methyl sites for hydroxylation is 1. The van der Waals surface area contributed by atoms with Gasteiger partial charge in [-0.15, -0.1) is 0 Å². The summed E-state index contributed by atoms with van der Waals surface area (Å²) >= 11 is 0. The van der Waals surface area contributed by atoms with Crippen molar-refractivity contribution in [3.63, 3.8) is 0 Å². The highest BCUT2D eigenvalue weighted by Crippen LogP contribution is 2.29. The van der Waals surface area contributed by atoms with E-state index in [-0.39, 0.29) is 11.6 Å². The van der Waals surface area contributed by atoms with Crippen molar-refractivity contribution in [3.8, 4) is 11.4 Å². The molecule has 3 rings (SSSR count). The minimum Gasteiger partial charge on any atom is -0.353 e. The summed E-state index contributed by atoms with van der Waals surface area (Å²) in [6.07, 6.45) is 4.00. The molecule has 0 aliphatic carbocycles. The number of hydrogen-bond donors (Lipinski definition) is 3. The molecule has 4 N–H and O–H groups in total. The Bertz CT molecular complexity index is 908. The molecule has 0 saturated heterocycles. The van der Waals surface area contributed by atoms with Gasteiger partial charge in [0.15, 0.2) is 0 Å². The van der Waals surface area contributed by atoms with E-state index in [1.165, 1.54) is 17.1 Å². The van der Waals surface area contributed by atoms with Crippen LogP contribution in [0.3, 0.4) is 0 Å². The summed E-state index contributed by atoms with van der Waals surface area (Å²) in [6.45, 7) is 6.18. The second-order valence-electron chi connectivity index (χ2n) is 6.84. The van der Waals surface area contributed by atoms with Crippen molar-refractivity contribution in [2.24, 2.45) is 5.73 Å². The van der Waals surface area contributed by atoms with E-state index in [1.54, 1.807) is 6.20 Å². The number of fused-ring (bicyclic) bond motifs is 1. The van der Waals surface area contributed by atoms with Crippen molar-refractivity contribution >= 4 is 16.8 Å². The molecule has 0 atom stereocenters. The first kappa shape index (κ1) is 17.1. The molecule has 2 aromatic heterocycles. The van der Waals surface area contributed by atoms with E-state index < -0.39 is 5.54 Å². The number of nitrogens with one attached hydrogen (secondary N) is 2. The van der Waals surface area contributed by atoms with Crippen LogP contribution in [0.25, 0.3) is 22.3 Å². The van der Waals surface area contributed by atoms with Gasteiger partial charge in [-0.1, -0.05) is 25.1 Å². The van der Waals surface area contributed by atoms with E-state index in [2.05, 4.69) is 33.3 Å². The number of aromatic nitrogens is 3. The summed E-state index contributed by atoms with van der Waals surface area (Å²) < 4.78 is 0. The van der Waals surface area contributed by atoms with Crippen LogP contribution in [0.5, 0.6) is 0 Å². The predicted molar refractivity (Wildman–Crippen MR) is 99.3 cm³/mol. The van der Waals surface area contributed by atoms with Gasteiger partial charge in [0.1, 0.15) is 11.4 Å². The lowest BCUT2D eigenvalue weighted by Crippen LogP contribution is -2.45. The first-order valence-electron chi connectivity index (χ1n) is 8.38. The van der Waals surface area contributed by atoms with Crippen LogP contribution in [0.2, 0.25) is 0 Å². The zero-order valence-corrected chi connectivity index (χ0v) is 14.8. The average Bonchev–Trinajstić information content (AvgIpc) is 2.97. The van der Waals surface area contributed by atoms with Crippen LogP contribution in [-0.4, -0.2) is 32.9 Å². The van der Waals surface area contributed by atoms with Gasteiger partial charge in [-0.3, -0.25) is 9.78 Å². The van der Waals surface area contributed by atoms with Crippen molar-refractivity contribution < 1.29 is 4.79 Å². The fourth-order valence-electron chi connectivity index (χ4n) is 2.78. The molecule has 0 aliphatic heterocycles. The zero-order chi connectivity index (χ0) is 18.0. The highest BCUT2D eigenvalue weighted by molar-refractivity contribution is 5.93. The molecule has 0 radical (unpaired) electrons. The number of H-pyrrole nitrogens is 1. The van der Waals surface area contributed by atoms with E-state index >= 15 is 0 Å². The Hall–Kier alpha value is -2.73. The van der Waals surface area contributed by atoms with Crippen LogP contribution in [0.4, 0.5) is 0 Å². The zero-order valence-electron chi connectivity index (χ0n) is 14.8. The largest absolute Gasteiger partial charge is 0.353 e. The molecule has 0 aliphatic rings. The molecule has 1 aromatic carbocycles. The molecule has 130 valence electrons. The van der Waals surface area contributed by atoms with Gasteiger partial charge in [0.05, 0.1) is 18.1 Å². The average molecular weight is 337 g/mol. The van der Waals surface area contributed by atoms with Crippen LogP contribution in [0, 0.1) is 0 Å². The number of nitrogens with zero attached hydrogens (tertiary/aromatic N) is 2. The normalized spacial score (nSPS) is 11.7. The number of carbonyl (C=O) groups excluding carboxylic acids is 1. The van der Waals surface area contributed by atoms with Crippen molar-refractivity contribution in [2.45, 2.75) is 32.7 Å². The summed E-state index contributed by atoms with van der Waals surface area (Å²) in [5, 5.41) is 3.96. The highest BCUT2D eigenvalue weighted by atomic mass is 16.1. The van der Waals surface area contributed by atoms with Crippen LogP contribution in [0.15, 0.2) is 36.7 Å². The van der Waals surface area contributed by atoms with Gasteiger partial charge in [0, 0.05) is 23.0 Å². The van der Waals surface area contributed by atoms with Crippen molar-refractivity contribution in [2.75, 3.05) is 6.54 Å². The van der Waals surface area contributed by atoms with Gasteiger partial charge in [-0.25, -0.2) is 4.98 Å². The Morgan fingerprint density at radius 3 is 2.76 bits per heavy atom. The maximum Gasteiger partial charge on any atom is 0.271 e. The Morgan fingerprint density at radius 2 is 2.04 bits per heavy atom. The monoisotopic (exact) mass is 337 g/mol. The minimum absolute atomic E-state index is 0.276.